The SMILES string of the molecule is O=C(Nc1ccc2c(c1)COC1(CCN(C3CCC3)CC1)O2)c1ccnnc1. The number of carbonyl (C=O) groups excluding carboxylic acids is 1. The van der Waals surface area contributed by atoms with Crippen molar-refractivity contribution in [3.8, 4) is 5.75 Å². The van der Waals surface area contributed by atoms with E-state index in [1.807, 2.05) is 18.2 Å². The number of rotatable bonds is 3. The van der Waals surface area contributed by atoms with Crippen molar-refractivity contribution in [3.05, 3.63) is 47.8 Å². The Morgan fingerprint density at radius 3 is 2.75 bits per heavy atom. The summed E-state index contributed by atoms with van der Waals surface area (Å²) in [5.74, 6) is 0.139. The summed E-state index contributed by atoms with van der Waals surface area (Å²) >= 11 is 0. The Morgan fingerprint density at radius 2 is 2.04 bits per heavy atom. The van der Waals surface area contributed by atoms with E-state index < -0.39 is 5.79 Å². The number of anilines is 1. The van der Waals surface area contributed by atoms with E-state index in [-0.39, 0.29) is 5.91 Å². The average Bonchev–Trinajstić information content (AvgIpc) is 2.69. The minimum absolute atomic E-state index is 0.215. The highest BCUT2D eigenvalue weighted by Crippen LogP contribution is 2.40. The second-order valence-corrected chi connectivity index (χ2v) is 7.83. The first-order chi connectivity index (χ1) is 13.7. The molecule has 1 aromatic carbocycles. The van der Waals surface area contributed by atoms with Crippen LogP contribution < -0.4 is 10.1 Å². The molecule has 3 heterocycles. The van der Waals surface area contributed by atoms with Crippen LogP contribution >= 0.6 is 0 Å². The Kier molecular flexibility index (Phi) is 4.49. The van der Waals surface area contributed by atoms with E-state index in [9.17, 15) is 4.79 Å². The van der Waals surface area contributed by atoms with Crippen LogP contribution in [0.15, 0.2) is 36.7 Å². The first kappa shape index (κ1) is 17.6. The number of ether oxygens (including phenoxy) is 2. The quantitative estimate of drug-likeness (QED) is 0.882. The molecule has 1 spiro atoms. The maximum absolute atomic E-state index is 12.3. The Labute approximate surface area is 164 Å². The standard InChI is InChI=1S/C21H24N4O3/c26-20(15-6-9-22-23-13-15)24-17-4-5-19-16(12-17)14-27-21(28-19)7-10-25(11-8-21)18-2-1-3-18/h4-6,9,12-13,18H,1-3,7-8,10-11,14H2,(H,24,26). The predicted octanol–water partition coefficient (Wildman–Crippen LogP) is 2.98. The second-order valence-electron chi connectivity index (χ2n) is 7.83. The number of piperidine rings is 1. The number of aromatic nitrogens is 2. The van der Waals surface area contributed by atoms with Crippen LogP contribution in [0.2, 0.25) is 0 Å². The van der Waals surface area contributed by atoms with Crippen molar-refractivity contribution < 1.29 is 14.3 Å². The highest BCUT2D eigenvalue weighted by atomic mass is 16.7. The largest absolute Gasteiger partial charge is 0.462 e. The molecule has 1 amide bonds. The molecule has 1 aliphatic carbocycles. The molecule has 1 saturated carbocycles. The normalized spacial score (nSPS) is 21.4. The van der Waals surface area contributed by atoms with Gasteiger partial charge in [0.15, 0.2) is 0 Å². The molecule has 7 nitrogen and oxygen atoms in total. The van der Waals surface area contributed by atoms with Crippen LogP contribution in [-0.4, -0.2) is 45.9 Å². The number of benzene rings is 1. The Morgan fingerprint density at radius 1 is 1.18 bits per heavy atom. The van der Waals surface area contributed by atoms with Crippen LogP contribution in [0.1, 0.15) is 48.0 Å². The van der Waals surface area contributed by atoms with Gasteiger partial charge in [-0.2, -0.15) is 10.2 Å². The maximum Gasteiger partial charge on any atom is 0.257 e. The van der Waals surface area contributed by atoms with Gasteiger partial charge in [0.2, 0.25) is 5.79 Å². The van der Waals surface area contributed by atoms with E-state index in [2.05, 4.69) is 20.4 Å². The lowest BCUT2D eigenvalue weighted by molar-refractivity contribution is -0.231. The van der Waals surface area contributed by atoms with E-state index in [4.69, 9.17) is 9.47 Å². The molecule has 3 aliphatic rings. The highest BCUT2D eigenvalue weighted by molar-refractivity contribution is 6.04. The molecular weight excluding hydrogens is 356 g/mol. The molecule has 1 saturated heterocycles. The monoisotopic (exact) mass is 380 g/mol. The molecule has 2 aliphatic heterocycles. The summed E-state index contributed by atoms with van der Waals surface area (Å²) in [5, 5.41) is 10.3. The van der Waals surface area contributed by atoms with E-state index in [0.29, 0.717) is 17.9 Å². The highest BCUT2D eigenvalue weighted by Gasteiger charge is 2.42. The number of hydrogen-bond acceptors (Lipinski definition) is 6. The van der Waals surface area contributed by atoms with Crippen molar-refractivity contribution in [1.29, 1.82) is 0 Å². The number of hydrogen-bond donors (Lipinski definition) is 1. The zero-order valence-electron chi connectivity index (χ0n) is 15.8. The van der Waals surface area contributed by atoms with E-state index in [1.54, 1.807) is 6.07 Å². The Hall–Kier alpha value is -2.51. The van der Waals surface area contributed by atoms with E-state index in [0.717, 1.165) is 43.3 Å². The van der Waals surface area contributed by atoms with Crippen LogP contribution in [0.3, 0.4) is 0 Å². The van der Waals surface area contributed by atoms with Gasteiger partial charge < -0.3 is 14.8 Å². The number of amides is 1. The maximum atomic E-state index is 12.3. The lowest BCUT2D eigenvalue weighted by atomic mass is 9.89. The van der Waals surface area contributed by atoms with Gasteiger partial charge in [-0.05, 0) is 37.1 Å². The summed E-state index contributed by atoms with van der Waals surface area (Å²) in [5.41, 5.74) is 2.14. The minimum Gasteiger partial charge on any atom is -0.462 e. The molecule has 0 bridgehead atoms. The van der Waals surface area contributed by atoms with Crippen LogP contribution in [0.25, 0.3) is 0 Å². The zero-order valence-corrected chi connectivity index (χ0v) is 15.8. The fourth-order valence-corrected chi connectivity index (χ4v) is 4.17. The van der Waals surface area contributed by atoms with Gasteiger partial charge in [-0.15, -0.1) is 0 Å². The number of nitrogens with zero attached hydrogens (tertiary/aromatic N) is 3. The summed E-state index contributed by atoms with van der Waals surface area (Å²) in [7, 11) is 0. The Bertz CT molecular complexity index is 861. The molecule has 2 fully saturated rings. The molecule has 1 N–H and O–H groups in total. The molecular formula is C21H24N4O3. The van der Waals surface area contributed by atoms with Gasteiger partial charge >= 0.3 is 0 Å². The minimum atomic E-state index is -0.499. The second kappa shape index (κ2) is 7.14. The van der Waals surface area contributed by atoms with E-state index in [1.165, 1.54) is 31.7 Å². The van der Waals surface area contributed by atoms with Crippen molar-refractivity contribution in [2.45, 2.75) is 50.5 Å². The van der Waals surface area contributed by atoms with Crippen LogP contribution in [0.4, 0.5) is 5.69 Å². The summed E-state index contributed by atoms with van der Waals surface area (Å²) in [4.78, 5) is 14.9. The van der Waals surface area contributed by atoms with Gasteiger partial charge in [-0.25, -0.2) is 0 Å². The van der Waals surface area contributed by atoms with Crippen molar-refractivity contribution >= 4 is 11.6 Å². The molecule has 5 rings (SSSR count). The molecule has 0 radical (unpaired) electrons. The molecule has 1 aromatic heterocycles. The van der Waals surface area contributed by atoms with Crippen molar-refractivity contribution in [3.63, 3.8) is 0 Å². The molecule has 0 atom stereocenters. The number of likely N-dealkylation sites (tertiary alicyclic amines) is 1. The van der Waals surface area contributed by atoms with Gasteiger partial charge in [0.1, 0.15) is 5.75 Å². The van der Waals surface area contributed by atoms with Crippen molar-refractivity contribution in [2.75, 3.05) is 18.4 Å². The average molecular weight is 380 g/mol. The van der Waals surface area contributed by atoms with Gasteiger partial charge in [0.25, 0.3) is 5.91 Å². The summed E-state index contributed by atoms with van der Waals surface area (Å²) < 4.78 is 12.5. The topological polar surface area (TPSA) is 76.6 Å². The third kappa shape index (κ3) is 3.36. The first-order valence-electron chi connectivity index (χ1n) is 9.99. The predicted molar refractivity (Wildman–Crippen MR) is 103 cm³/mol. The summed E-state index contributed by atoms with van der Waals surface area (Å²) in [6.07, 6.45) is 8.78. The van der Waals surface area contributed by atoms with Gasteiger partial charge in [0, 0.05) is 43.2 Å². The van der Waals surface area contributed by atoms with Crippen LogP contribution in [-0.2, 0) is 11.3 Å². The smallest absolute Gasteiger partial charge is 0.257 e. The Balaban J connectivity index is 1.24. The van der Waals surface area contributed by atoms with E-state index >= 15 is 0 Å². The molecule has 146 valence electrons. The number of fused-ring (bicyclic) bond motifs is 1. The zero-order chi connectivity index (χ0) is 19.0. The third-order valence-electron chi connectivity index (χ3n) is 6.10. The number of carbonyl (C=O) groups is 1. The van der Waals surface area contributed by atoms with Crippen molar-refractivity contribution in [1.82, 2.24) is 15.1 Å². The lowest BCUT2D eigenvalue weighted by Gasteiger charge is -2.47. The summed E-state index contributed by atoms with van der Waals surface area (Å²) in [6.45, 7) is 2.57. The fraction of sp³-hybridized carbons (Fsp3) is 0.476. The fourth-order valence-electron chi connectivity index (χ4n) is 4.17. The third-order valence-corrected chi connectivity index (χ3v) is 6.10. The van der Waals surface area contributed by atoms with Crippen molar-refractivity contribution in [2.24, 2.45) is 0 Å². The molecule has 7 heteroatoms. The summed E-state index contributed by atoms with van der Waals surface area (Å²) in [6, 6.07) is 8.12. The molecule has 2 aromatic rings. The van der Waals surface area contributed by atoms with Crippen LogP contribution in [0.5, 0.6) is 5.75 Å². The first-order valence-corrected chi connectivity index (χ1v) is 9.99. The number of nitrogens with one attached hydrogen (secondary N) is 1. The lowest BCUT2D eigenvalue weighted by Crippen LogP contribution is -2.54. The van der Waals surface area contributed by atoms with Gasteiger partial charge in [0.05, 0.1) is 24.6 Å². The van der Waals surface area contributed by atoms with Gasteiger partial charge in [-0.1, -0.05) is 6.42 Å². The van der Waals surface area contributed by atoms with Gasteiger partial charge in [-0.3, -0.25) is 9.69 Å². The van der Waals surface area contributed by atoms with Crippen LogP contribution in [0, 0.1) is 0 Å². The molecule has 28 heavy (non-hydrogen) atoms. The molecule has 0 unspecified atom stereocenters.